The quantitative estimate of drug-likeness (QED) is 0.795. The van der Waals surface area contributed by atoms with Gasteiger partial charge in [-0.25, -0.2) is 0 Å². The summed E-state index contributed by atoms with van der Waals surface area (Å²) in [6, 6.07) is 6.29. The van der Waals surface area contributed by atoms with Crippen LogP contribution in [0.25, 0.3) is 5.69 Å². The van der Waals surface area contributed by atoms with Crippen LogP contribution >= 0.6 is 28.1 Å². The van der Waals surface area contributed by atoms with Gasteiger partial charge in [0.25, 0.3) is 0 Å². The number of H-pyrrole nitrogens is 1. The van der Waals surface area contributed by atoms with Gasteiger partial charge in [0, 0.05) is 16.4 Å². The fraction of sp³-hybridized carbons (Fsp3) is 0.308. The third-order valence-electron chi connectivity index (χ3n) is 2.74. The van der Waals surface area contributed by atoms with Crippen LogP contribution in [0.2, 0.25) is 0 Å². The molecule has 1 heterocycles. The smallest absolute Gasteiger partial charge is 0.182 e. The summed E-state index contributed by atoms with van der Waals surface area (Å²) in [5.41, 5.74) is 3.51. The second kappa shape index (κ2) is 4.78. The molecule has 0 bridgehead atoms. The average Bonchev–Trinajstić information content (AvgIpc) is 2.60. The molecule has 2 rings (SSSR count). The molecular formula is C13H15BrN2S. The van der Waals surface area contributed by atoms with Gasteiger partial charge in [0.15, 0.2) is 4.77 Å². The summed E-state index contributed by atoms with van der Waals surface area (Å²) < 4.78 is 3.89. The number of aryl methyl sites for hydroxylation is 1. The van der Waals surface area contributed by atoms with Crippen LogP contribution in [-0.4, -0.2) is 9.55 Å². The molecule has 2 aromatic rings. The summed E-state index contributed by atoms with van der Waals surface area (Å²) in [7, 11) is 0. The topological polar surface area (TPSA) is 20.7 Å². The van der Waals surface area contributed by atoms with Crippen LogP contribution in [0.1, 0.15) is 31.0 Å². The van der Waals surface area contributed by atoms with E-state index in [-0.39, 0.29) is 0 Å². The van der Waals surface area contributed by atoms with Gasteiger partial charge in [-0.2, -0.15) is 0 Å². The van der Waals surface area contributed by atoms with Crippen molar-refractivity contribution < 1.29 is 0 Å². The van der Waals surface area contributed by atoms with Gasteiger partial charge in [-0.15, -0.1) is 0 Å². The number of hydrogen-bond acceptors (Lipinski definition) is 1. The number of nitrogens with zero attached hydrogens (tertiary/aromatic N) is 1. The van der Waals surface area contributed by atoms with E-state index < -0.39 is 0 Å². The largest absolute Gasteiger partial charge is 0.337 e. The predicted octanol–water partition coefficient (Wildman–Crippen LogP) is 4.73. The zero-order chi connectivity index (χ0) is 12.6. The molecule has 0 fully saturated rings. The Morgan fingerprint density at radius 3 is 2.65 bits per heavy atom. The van der Waals surface area contributed by atoms with Gasteiger partial charge in [0.1, 0.15) is 0 Å². The highest BCUT2D eigenvalue weighted by Gasteiger charge is 2.11. The minimum absolute atomic E-state index is 0.427. The fourth-order valence-electron chi connectivity index (χ4n) is 1.85. The summed E-state index contributed by atoms with van der Waals surface area (Å²) in [5, 5.41) is 0. The van der Waals surface area contributed by atoms with Crippen LogP contribution in [-0.2, 0) is 0 Å². The maximum Gasteiger partial charge on any atom is 0.182 e. The Morgan fingerprint density at radius 2 is 2.06 bits per heavy atom. The van der Waals surface area contributed by atoms with Gasteiger partial charge in [-0.3, -0.25) is 4.57 Å². The maximum atomic E-state index is 5.35. The molecule has 17 heavy (non-hydrogen) atoms. The molecule has 0 unspecified atom stereocenters. The Kier molecular flexibility index (Phi) is 3.54. The monoisotopic (exact) mass is 310 g/mol. The van der Waals surface area contributed by atoms with E-state index in [1.165, 1.54) is 11.3 Å². The third-order valence-corrected chi connectivity index (χ3v) is 3.68. The van der Waals surface area contributed by atoms with E-state index in [9.17, 15) is 0 Å². The van der Waals surface area contributed by atoms with Crippen molar-refractivity contribution in [3.05, 3.63) is 44.9 Å². The Hall–Kier alpha value is -0.870. The lowest BCUT2D eigenvalue weighted by molar-refractivity contribution is 0.782. The third kappa shape index (κ3) is 2.38. The summed E-state index contributed by atoms with van der Waals surface area (Å²) in [5.74, 6) is 0.427. The number of rotatable bonds is 2. The molecule has 0 radical (unpaired) electrons. The normalized spacial score (nSPS) is 11.1. The zero-order valence-corrected chi connectivity index (χ0v) is 12.5. The molecule has 0 saturated heterocycles. The van der Waals surface area contributed by atoms with Crippen molar-refractivity contribution >= 4 is 28.1 Å². The van der Waals surface area contributed by atoms with Crippen LogP contribution in [0.15, 0.2) is 28.9 Å². The molecule has 0 aliphatic heterocycles. The van der Waals surface area contributed by atoms with Crippen molar-refractivity contribution in [2.45, 2.75) is 26.7 Å². The number of imidazole rings is 1. The average molecular weight is 311 g/mol. The lowest BCUT2D eigenvalue weighted by Crippen LogP contribution is -2.02. The Labute approximate surface area is 115 Å². The second-order valence-corrected chi connectivity index (χ2v) is 5.70. The van der Waals surface area contributed by atoms with Crippen molar-refractivity contribution in [2.24, 2.45) is 0 Å². The lowest BCUT2D eigenvalue weighted by Gasteiger charge is -2.13. The van der Waals surface area contributed by atoms with Crippen LogP contribution in [0.4, 0.5) is 0 Å². The minimum Gasteiger partial charge on any atom is -0.337 e. The maximum absolute atomic E-state index is 5.35. The van der Waals surface area contributed by atoms with Gasteiger partial charge in [-0.1, -0.05) is 19.9 Å². The van der Waals surface area contributed by atoms with Gasteiger partial charge < -0.3 is 4.98 Å². The SMILES string of the molecule is Cc1ccc(-n2c(C(C)C)c[nH]c2=S)c(Br)c1. The Balaban J connectivity index is 2.68. The first-order chi connectivity index (χ1) is 8.00. The van der Waals surface area contributed by atoms with E-state index in [2.05, 4.69) is 64.5 Å². The highest BCUT2D eigenvalue weighted by molar-refractivity contribution is 9.10. The van der Waals surface area contributed by atoms with Gasteiger partial charge in [0.2, 0.25) is 0 Å². The summed E-state index contributed by atoms with van der Waals surface area (Å²) in [4.78, 5) is 3.12. The molecule has 0 aliphatic rings. The highest BCUT2D eigenvalue weighted by atomic mass is 79.9. The first-order valence-electron chi connectivity index (χ1n) is 5.57. The van der Waals surface area contributed by atoms with Gasteiger partial charge in [0.05, 0.1) is 5.69 Å². The van der Waals surface area contributed by atoms with Crippen LogP contribution in [0.3, 0.4) is 0 Å². The molecule has 0 saturated carbocycles. The molecular weight excluding hydrogens is 296 g/mol. The van der Waals surface area contributed by atoms with Gasteiger partial charge >= 0.3 is 0 Å². The number of aromatic nitrogens is 2. The Morgan fingerprint density at radius 1 is 1.35 bits per heavy atom. The summed E-state index contributed by atoms with van der Waals surface area (Å²) in [6.07, 6.45) is 1.99. The van der Waals surface area contributed by atoms with Crippen molar-refractivity contribution in [1.29, 1.82) is 0 Å². The Bertz CT molecular complexity index is 596. The standard InChI is InChI=1S/C13H15BrN2S/c1-8(2)12-7-15-13(17)16(12)11-5-4-9(3)6-10(11)14/h4-8H,1-3H3,(H,15,17). The van der Waals surface area contributed by atoms with Crippen LogP contribution in [0, 0.1) is 11.7 Å². The lowest BCUT2D eigenvalue weighted by atomic mass is 10.1. The van der Waals surface area contributed by atoms with Gasteiger partial charge in [-0.05, 0) is 58.7 Å². The summed E-state index contributed by atoms with van der Waals surface area (Å²) in [6.45, 7) is 6.40. The van der Waals surface area contributed by atoms with E-state index in [1.54, 1.807) is 0 Å². The minimum atomic E-state index is 0.427. The molecule has 1 aromatic carbocycles. The molecule has 0 aliphatic carbocycles. The van der Waals surface area contributed by atoms with E-state index in [0.717, 1.165) is 14.9 Å². The van der Waals surface area contributed by atoms with E-state index in [4.69, 9.17) is 12.2 Å². The van der Waals surface area contributed by atoms with Crippen LogP contribution in [0.5, 0.6) is 0 Å². The second-order valence-electron chi connectivity index (χ2n) is 4.46. The number of halogens is 1. The predicted molar refractivity (Wildman–Crippen MR) is 77.5 cm³/mol. The number of benzene rings is 1. The summed E-state index contributed by atoms with van der Waals surface area (Å²) >= 11 is 8.96. The first kappa shape index (κ1) is 12.6. The first-order valence-corrected chi connectivity index (χ1v) is 6.77. The molecule has 90 valence electrons. The zero-order valence-electron chi connectivity index (χ0n) is 10.1. The molecule has 0 spiro atoms. The van der Waals surface area contributed by atoms with Crippen LogP contribution < -0.4 is 0 Å². The van der Waals surface area contributed by atoms with E-state index >= 15 is 0 Å². The molecule has 1 N–H and O–H groups in total. The molecule has 2 nitrogen and oxygen atoms in total. The number of nitrogens with one attached hydrogen (secondary N) is 1. The fourth-order valence-corrected chi connectivity index (χ4v) is 2.78. The highest BCUT2D eigenvalue weighted by Crippen LogP contribution is 2.26. The number of hydrogen-bond donors (Lipinski definition) is 1. The van der Waals surface area contributed by atoms with Crippen molar-refractivity contribution in [3.8, 4) is 5.69 Å². The molecule has 0 atom stereocenters. The van der Waals surface area contributed by atoms with Crippen molar-refractivity contribution in [2.75, 3.05) is 0 Å². The molecule has 0 amide bonds. The molecule has 1 aromatic heterocycles. The van der Waals surface area contributed by atoms with Crippen molar-refractivity contribution in [1.82, 2.24) is 9.55 Å². The van der Waals surface area contributed by atoms with E-state index in [0.29, 0.717) is 5.92 Å². The van der Waals surface area contributed by atoms with E-state index in [1.807, 2.05) is 6.20 Å². The van der Waals surface area contributed by atoms with Crippen molar-refractivity contribution in [3.63, 3.8) is 0 Å². The number of aromatic amines is 1. The molecule has 4 heteroatoms.